The van der Waals surface area contributed by atoms with Crippen LogP contribution in [0.15, 0.2) is 30.9 Å². The van der Waals surface area contributed by atoms with Gasteiger partial charge in [0.15, 0.2) is 0 Å². The van der Waals surface area contributed by atoms with Gasteiger partial charge in [0.2, 0.25) is 0 Å². The largest absolute Gasteiger partial charge is 0.369 e. The second kappa shape index (κ2) is 4.16. The molecule has 0 aliphatic carbocycles. The molecule has 3 rings (SSSR count). The zero-order valence-corrected chi connectivity index (χ0v) is 9.38. The molecule has 1 saturated heterocycles. The molecule has 1 aliphatic heterocycles. The van der Waals surface area contributed by atoms with Crippen LogP contribution in [0.2, 0.25) is 0 Å². The second-order valence-electron chi connectivity index (χ2n) is 4.20. The van der Waals surface area contributed by atoms with Crippen LogP contribution in [0.1, 0.15) is 12.8 Å². The fourth-order valence-corrected chi connectivity index (χ4v) is 2.20. The predicted octanol–water partition coefficient (Wildman–Crippen LogP) is 2.01. The summed E-state index contributed by atoms with van der Waals surface area (Å²) in [4.78, 5) is 2.09. The standard InChI is InChI=1S/C12H13FN4/c13-11-4-3-10(17-8-14-15-9-17)7-12(11)16-5-1-2-6-16/h3-4,7-9H,1-2,5-6H2. The van der Waals surface area contributed by atoms with E-state index in [9.17, 15) is 4.39 Å². The Kier molecular flexibility index (Phi) is 2.51. The van der Waals surface area contributed by atoms with Crippen molar-refractivity contribution in [3.63, 3.8) is 0 Å². The van der Waals surface area contributed by atoms with E-state index >= 15 is 0 Å². The number of hydrogen-bond acceptors (Lipinski definition) is 3. The van der Waals surface area contributed by atoms with Gasteiger partial charge in [-0.2, -0.15) is 0 Å². The Morgan fingerprint density at radius 3 is 2.47 bits per heavy atom. The van der Waals surface area contributed by atoms with Crippen LogP contribution in [-0.4, -0.2) is 27.9 Å². The van der Waals surface area contributed by atoms with E-state index in [4.69, 9.17) is 0 Å². The quantitative estimate of drug-likeness (QED) is 0.794. The summed E-state index contributed by atoms with van der Waals surface area (Å²) in [7, 11) is 0. The van der Waals surface area contributed by atoms with Gasteiger partial charge in [0.05, 0.1) is 11.4 Å². The van der Waals surface area contributed by atoms with Gasteiger partial charge < -0.3 is 4.90 Å². The lowest BCUT2D eigenvalue weighted by Gasteiger charge is -2.19. The minimum atomic E-state index is -0.163. The highest BCUT2D eigenvalue weighted by Gasteiger charge is 2.16. The SMILES string of the molecule is Fc1ccc(-n2cnnc2)cc1N1CCCC1. The van der Waals surface area contributed by atoms with Gasteiger partial charge in [-0.15, -0.1) is 10.2 Å². The number of nitrogens with zero attached hydrogens (tertiary/aromatic N) is 4. The van der Waals surface area contributed by atoms with Crippen LogP contribution in [0.3, 0.4) is 0 Å². The summed E-state index contributed by atoms with van der Waals surface area (Å²) in [5, 5.41) is 7.51. The topological polar surface area (TPSA) is 34.0 Å². The molecule has 1 aromatic heterocycles. The van der Waals surface area contributed by atoms with E-state index < -0.39 is 0 Å². The number of benzene rings is 1. The molecular weight excluding hydrogens is 219 g/mol. The van der Waals surface area contributed by atoms with Crippen LogP contribution in [0, 0.1) is 5.82 Å². The molecule has 1 aromatic carbocycles. The minimum absolute atomic E-state index is 0.163. The maximum absolute atomic E-state index is 13.8. The fraction of sp³-hybridized carbons (Fsp3) is 0.333. The first kappa shape index (κ1) is 10.3. The summed E-state index contributed by atoms with van der Waals surface area (Å²) in [6.07, 6.45) is 5.49. The van der Waals surface area contributed by atoms with Crippen molar-refractivity contribution in [3.05, 3.63) is 36.7 Å². The summed E-state index contributed by atoms with van der Waals surface area (Å²) >= 11 is 0. The number of hydrogen-bond donors (Lipinski definition) is 0. The molecule has 5 heteroatoms. The smallest absolute Gasteiger partial charge is 0.146 e. The Morgan fingerprint density at radius 2 is 1.76 bits per heavy atom. The van der Waals surface area contributed by atoms with Gasteiger partial charge in [0.25, 0.3) is 0 Å². The Labute approximate surface area is 98.7 Å². The summed E-state index contributed by atoms with van der Waals surface area (Å²) < 4.78 is 15.6. The molecule has 0 saturated carbocycles. The maximum Gasteiger partial charge on any atom is 0.146 e. The highest BCUT2D eigenvalue weighted by molar-refractivity contribution is 5.54. The van der Waals surface area contributed by atoms with Gasteiger partial charge >= 0.3 is 0 Å². The summed E-state index contributed by atoms with van der Waals surface area (Å²) in [5.41, 5.74) is 1.56. The summed E-state index contributed by atoms with van der Waals surface area (Å²) in [5.74, 6) is -0.163. The molecule has 17 heavy (non-hydrogen) atoms. The van der Waals surface area contributed by atoms with Crippen LogP contribution in [0.5, 0.6) is 0 Å². The van der Waals surface area contributed by atoms with Crippen LogP contribution in [0.25, 0.3) is 5.69 Å². The van der Waals surface area contributed by atoms with Crippen LogP contribution in [0.4, 0.5) is 10.1 Å². The molecule has 1 aliphatic rings. The average Bonchev–Trinajstić information content (AvgIpc) is 3.03. The Hall–Kier alpha value is -1.91. The number of rotatable bonds is 2. The molecular formula is C12H13FN4. The zero-order valence-electron chi connectivity index (χ0n) is 9.38. The Balaban J connectivity index is 2.00. The van der Waals surface area contributed by atoms with Crippen molar-refractivity contribution in [2.75, 3.05) is 18.0 Å². The van der Waals surface area contributed by atoms with Crippen molar-refractivity contribution < 1.29 is 4.39 Å². The molecule has 0 unspecified atom stereocenters. The lowest BCUT2D eigenvalue weighted by Crippen LogP contribution is -2.19. The molecule has 2 aromatic rings. The molecule has 0 atom stereocenters. The van der Waals surface area contributed by atoms with Crippen LogP contribution < -0.4 is 4.90 Å². The van der Waals surface area contributed by atoms with Gasteiger partial charge in [-0.25, -0.2) is 4.39 Å². The van der Waals surface area contributed by atoms with Gasteiger partial charge in [-0.1, -0.05) is 0 Å². The highest BCUT2D eigenvalue weighted by Crippen LogP contribution is 2.25. The monoisotopic (exact) mass is 232 g/mol. The van der Waals surface area contributed by atoms with Crippen LogP contribution >= 0.6 is 0 Å². The number of anilines is 1. The number of aromatic nitrogens is 3. The fourth-order valence-electron chi connectivity index (χ4n) is 2.20. The van der Waals surface area contributed by atoms with E-state index in [1.165, 1.54) is 6.07 Å². The van der Waals surface area contributed by atoms with E-state index in [-0.39, 0.29) is 5.82 Å². The van der Waals surface area contributed by atoms with E-state index in [2.05, 4.69) is 15.1 Å². The van der Waals surface area contributed by atoms with Gasteiger partial charge in [-0.05, 0) is 31.0 Å². The molecule has 0 N–H and O–H groups in total. The van der Waals surface area contributed by atoms with Crippen LogP contribution in [-0.2, 0) is 0 Å². The third kappa shape index (κ3) is 1.88. The van der Waals surface area contributed by atoms with Crippen molar-refractivity contribution >= 4 is 5.69 Å². The van der Waals surface area contributed by atoms with Crippen molar-refractivity contribution in [1.29, 1.82) is 0 Å². The lowest BCUT2D eigenvalue weighted by molar-refractivity contribution is 0.622. The minimum Gasteiger partial charge on any atom is -0.369 e. The van der Waals surface area contributed by atoms with E-state index in [0.29, 0.717) is 5.69 Å². The second-order valence-corrected chi connectivity index (χ2v) is 4.20. The van der Waals surface area contributed by atoms with E-state index in [1.807, 2.05) is 6.07 Å². The van der Waals surface area contributed by atoms with Crippen molar-refractivity contribution in [2.24, 2.45) is 0 Å². The van der Waals surface area contributed by atoms with E-state index in [1.54, 1.807) is 23.3 Å². The molecule has 88 valence electrons. The van der Waals surface area contributed by atoms with Gasteiger partial charge in [0, 0.05) is 13.1 Å². The number of halogens is 1. The van der Waals surface area contributed by atoms with E-state index in [0.717, 1.165) is 31.6 Å². The lowest BCUT2D eigenvalue weighted by atomic mass is 10.2. The average molecular weight is 232 g/mol. The van der Waals surface area contributed by atoms with Gasteiger partial charge in [0.1, 0.15) is 18.5 Å². The third-order valence-corrected chi connectivity index (χ3v) is 3.09. The first-order valence-electron chi connectivity index (χ1n) is 5.74. The predicted molar refractivity (Wildman–Crippen MR) is 62.8 cm³/mol. The molecule has 0 radical (unpaired) electrons. The normalized spacial score (nSPS) is 15.5. The zero-order chi connectivity index (χ0) is 11.7. The first-order chi connectivity index (χ1) is 8.34. The first-order valence-corrected chi connectivity index (χ1v) is 5.74. The van der Waals surface area contributed by atoms with Crippen molar-refractivity contribution in [1.82, 2.24) is 14.8 Å². The molecule has 1 fully saturated rings. The summed E-state index contributed by atoms with van der Waals surface area (Å²) in [6.45, 7) is 1.87. The van der Waals surface area contributed by atoms with Crippen molar-refractivity contribution in [3.8, 4) is 5.69 Å². The highest BCUT2D eigenvalue weighted by atomic mass is 19.1. The summed E-state index contributed by atoms with van der Waals surface area (Å²) in [6, 6.07) is 5.09. The maximum atomic E-state index is 13.8. The Bertz CT molecular complexity index is 503. The Morgan fingerprint density at radius 1 is 1.06 bits per heavy atom. The third-order valence-electron chi connectivity index (χ3n) is 3.09. The molecule has 2 heterocycles. The molecule has 0 amide bonds. The molecule has 0 spiro atoms. The van der Waals surface area contributed by atoms with Crippen molar-refractivity contribution in [2.45, 2.75) is 12.8 Å². The molecule has 0 bridgehead atoms. The molecule has 4 nitrogen and oxygen atoms in total. The van der Waals surface area contributed by atoms with Gasteiger partial charge in [-0.3, -0.25) is 4.57 Å².